The largest absolute Gasteiger partial charge is 0.373 e. The molecule has 0 spiro atoms. The van der Waals surface area contributed by atoms with Crippen molar-refractivity contribution < 1.29 is 0 Å². The Morgan fingerprint density at radius 3 is 2.83 bits per heavy atom. The van der Waals surface area contributed by atoms with Crippen molar-refractivity contribution >= 4 is 40.2 Å². The van der Waals surface area contributed by atoms with E-state index in [1.165, 1.54) is 4.88 Å². The van der Waals surface area contributed by atoms with Crippen molar-refractivity contribution in [1.82, 2.24) is 15.2 Å². The maximum absolute atomic E-state index is 5.95. The number of halogens is 2. The molecule has 0 aliphatic heterocycles. The first-order valence-corrected chi connectivity index (χ1v) is 7.07. The van der Waals surface area contributed by atoms with Gasteiger partial charge in [0.2, 0.25) is 0 Å². The maximum Gasteiger partial charge on any atom is 0.174 e. The third-order valence-corrected chi connectivity index (χ3v) is 4.17. The standard InChI is InChI=1S/C11H12Cl2N4S/c1-3-7-5-14-11(18-7)6(2)15-8-4-9(12)16-17-10(8)13/h4-6H,3H2,1-2H3,(H,15,16). The highest BCUT2D eigenvalue weighted by Crippen LogP contribution is 2.27. The van der Waals surface area contributed by atoms with Crippen molar-refractivity contribution in [3.05, 3.63) is 32.5 Å². The Bertz CT molecular complexity index is 544. The van der Waals surface area contributed by atoms with Gasteiger partial charge in [-0.05, 0) is 13.3 Å². The third-order valence-electron chi connectivity index (χ3n) is 2.38. The molecule has 2 aromatic heterocycles. The van der Waals surface area contributed by atoms with Crippen molar-refractivity contribution in [2.45, 2.75) is 26.3 Å². The fourth-order valence-corrected chi connectivity index (χ4v) is 2.59. The summed E-state index contributed by atoms with van der Waals surface area (Å²) >= 11 is 13.4. The Morgan fingerprint density at radius 2 is 2.17 bits per heavy atom. The van der Waals surface area contributed by atoms with Crippen LogP contribution in [0.5, 0.6) is 0 Å². The molecule has 96 valence electrons. The van der Waals surface area contributed by atoms with Gasteiger partial charge in [0.25, 0.3) is 0 Å². The van der Waals surface area contributed by atoms with Gasteiger partial charge in [-0.15, -0.1) is 21.5 Å². The van der Waals surface area contributed by atoms with Crippen LogP contribution in [0.3, 0.4) is 0 Å². The van der Waals surface area contributed by atoms with Gasteiger partial charge in [-0.25, -0.2) is 4.98 Å². The molecule has 2 heterocycles. The third kappa shape index (κ3) is 3.10. The van der Waals surface area contributed by atoms with Gasteiger partial charge in [0, 0.05) is 17.1 Å². The lowest BCUT2D eigenvalue weighted by Crippen LogP contribution is -2.07. The quantitative estimate of drug-likeness (QED) is 0.928. The Balaban J connectivity index is 2.15. The highest BCUT2D eigenvalue weighted by atomic mass is 35.5. The van der Waals surface area contributed by atoms with Crippen molar-refractivity contribution in [1.29, 1.82) is 0 Å². The average molecular weight is 303 g/mol. The Kier molecular flexibility index (Phi) is 4.37. The van der Waals surface area contributed by atoms with Crippen LogP contribution in [0.4, 0.5) is 5.69 Å². The highest BCUT2D eigenvalue weighted by molar-refractivity contribution is 7.11. The fourth-order valence-electron chi connectivity index (χ4n) is 1.44. The van der Waals surface area contributed by atoms with E-state index in [9.17, 15) is 0 Å². The molecule has 18 heavy (non-hydrogen) atoms. The molecule has 1 atom stereocenters. The van der Waals surface area contributed by atoms with E-state index in [2.05, 4.69) is 27.4 Å². The van der Waals surface area contributed by atoms with E-state index in [0.717, 1.165) is 11.4 Å². The molecule has 0 saturated carbocycles. The van der Waals surface area contributed by atoms with Gasteiger partial charge >= 0.3 is 0 Å². The van der Waals surface area contributed by atoms with Gasteiger partial charge in [-0.1, -0.05) is 30.1 Å². The van der Waals surface area contributed by atoms with Crippen LogP contribution < -0.4 is 5.32 Å². The minimum absolute atomic E-state index is 0.0491. The molecule has 0 aliphatic carbocycles. The zero-order chi connectivity index (χ0) is 13.1. The predicted molar refractivity (Wildman–Crippen MR) is 75.6 cm³/mol. The van der Waals surface area contributed by atoms with Crippen molar-refractivity contribution in [3.8, 4) is 0 Å². The molecule has 0 aliphatic rings. The second kappa shape index (κ2) is 5.82. The molecule has 0 amide bonds. The van der Waals surface area contributed by atoms with Crippen LogP contribution in [0, 0.1) is 0 Å². The van der Waals surface area contributed by atoms with Crippen LogP contribution in [-0.2, 0) is 6.42 Å². The SMILES string of the molecule is CCc1cnc(C(C)Nc2cc(Cl)nnc2Cl)s1. The Labute approximate surface area is 119 Å². The molecule has 0 bridgehead atoms. The molecule has 4 nitrogen and oxygen atoms in total. The number of thiazole rings is 1. The molecule has 1 unspecified atom stereocenters. The highest BCUT2D eigenvalue weighted by Gasteiger charge is 2.12. The van der Waals surface area contributed by atoms with Crippen LogP contribution in [0.15, 0.2) is 12.3 Å². The summed E-state index contributed by atoms with van der Waals surface area (Å²) in [5, 5.41) is 12.3. The maximum atomic E-state index is 5.95. The monoisotopic (exact) mass is 302 g/mol. The van der Waals surface area contributed by atoms with Crippen LogP contribution in [0.25, 0.3) is 0 Å². The van der Waals surface area contributed by atoms with Crippen LogP contribution in [-0.4, -0.2) is 15.2 Å². The smallest absolute Gasteiger partial charge is 0.174 e. The summed E-state index contributed by atoms with van der Waals surface area (Å²) in [6.45, 7) is 4.13. The number of aryl methyl sites for hydroxylation is 1. The summed E-state index contributed by atoms with van der Waals surface area (Å²) in [5.74, 6) is 0. The summed E-state index contributed by atoms with van der Waals surface area (Å²) < 4.78 is 0. The molecule has 0 saturated heterocycles. The summed E-state index contributed by atoms with van der Waals surface area (Å²) in [4.78, 5) is 5.64. The number of hydrogen-bond acceptors (Lipinski definition) is 5. The van der Waals surface area contributed by atoms with Crippen molar-refractivity contribution in [3.63, 3.8) is 0 Å². The van der Waals surface area contributed by atoms with Gasteiger partial charge in [0.15, 0.2) is 10.3 Å². The second-order valence-electron chi connectivity index (χ2n) is 3.76. The normalized spacial score (nSPS) is 12.4. The van der Waals surface area contributed by atoms with E-state index < -0.39 is 0 Å². The molecule has 2 rings (SSSR count). The van der Waals surface area contributed by atoms with E-state index in [4.69, 9.17) is 23.2 Å². The Hall–Kier alpha value is -0.910. The minimum Gasteiger partial charge on any atom is -0.373 e. The van der Waals surface area contributed by atoms with Gasteiger partial charge in [0.1, 0.15) is 5.01 Å². The molecule has 1 N–H and O–H groups in total. The van der Waals surface area contributed by atoms with E-state index in [1.54, 1.807) is 17.4 Å². The van der Waals surface area contributed by atoms with E-state index in [1.807, 2.05) is 13.1 Å². The number of nitrogens with zero attached hydrogens (tertiary/aromatic N) is 3. The zero-order valence-corrected chi connectivity index (χ0v) is 12.3. The van der Waals surface area contributed by atoms with Gasteiger partial charge in [0.05, 0.1) is 11.7 Å². The second-order valence-corrected chi connectivity index (χ2v) is 5.65. The lowest BCUT2D eigenvalue weighted by atomic mass is 10.3. The number of aromatic nitrogens is 3. The van der Waals surface area contributed by atoms with E-state index in [0.29, 0.717) is 16.0 Å². The first-order valence-electron chi connectivity index (χ1n) is 5.50. The molecular formula is C11H12Cl2N4S. The topological polar surface area (TPSA) is 50.7 Å². The molecule has 2 aromatic rings. The molecule has 7 heteroatoms. The van der Waals surface area contributed by atoms with Crippen molar-refractivity contribution in [2.24, 2.45) is 0 Å². The summed E-state index contributed by atoms with van der Waals surface area (Å²) in [6, 6.07) is 1.70. The van der Waals surface area contributed by atoms with Gasteiger partial charge < -0.3 is 5.32 Å². The molecule has 0 fully saturated rings. The van der Waals surface area contributed by atoms with Gasteiger partial charge in [-0.2, -0.15) is 0 Å². The Morgan fingerprint density at radius 1 is 1.39 bits per heavy atom. The predicted octanol–water partition coefficient (Wildman–Crippen LogP) is 3.98. The summed E-state index contributed by atoms with van der Waals surface area (Å²) in [5.41, 5.74) is 0.664. The summed E-state index contributed by atoms with van der Waals surface area (Å²) in [6.07, 6.45) is 2.89. The first-order chi connectivity index (χ1) is 8.60. The lowest BCUT2D eigenvalue weighted by molar-refractivity contribution is 0.864. The molecule has 0 radical (unpaired) electrons. The first kappa shape index (κ1) is 13.5. The summed E-state index contributed by atoms with van der Waals surface area (Å²) in [7, 11) is 0. The van der Waals surface area contributed by atoms with Crippen LogP contribution in [0.1, 0.15) is 29.8 Å². The minimum atomic E-state index is 0.0491. The molecular weight excluding hydrogens is 291 g/mol. The average Bonchev–Trinajstić information content (AvgIpc) is 2.82. The zero-order valence-electron chi connectivity index (χ0n) is 9.94. The number of nitrogens with one attached hydrogen (secondary N) is 1. The van der Waals surface area contributed by atoms with E-state index in [-0.39, 0.29) is 6.04 Å². The number of hydrogen-bond donors (Lipinski definition) is 1. The lowest BCUT2D eigenvalue weighted by Gasteiger charge is -2.13. The van der Waals surface area contributed by atoms with E-state index >= 15 is 0 Å². The van der Waals surface area contributed by atoms with Crippen LogP contribution in [0.2, 0.25) is 10.3 Å². The van der Waals surface area contributed by atoms with Gasteiger partial charge in [-0.3, -0.25) is 0 Å². The van der Waals surface area contributed by atoms with Crippen LogP contribution >= 0.6 is 34.5 Å². The number of anilines is 1. The van der Waals surface area contributed by atoms with Crippen molar-refractivity contribution in [2.75, 3.05) is 5.32 Å². The molecule has 0 aromatic carbocycles. The number of rotatable bonds is 4. The fraction of sp³-hybridized carbons (Fsp3) is 0.364.